The van der Waals surface area contributed by atoms with Crippen LogP contribution in [0, 0.1) is 22.7 Å². The van der Waals surface area contributed by atoms with Gasteiger partial charge in [-0.2, -0.15) is 5.26 Å². The molecule has 1 aliphatic heterocycles. The van der Waals surface area contributed by atoms with E-state index in [2.05, 4.69) is 6.07 Å². The van der Waals surface area contributed by atoms with E-state index in [0.717, 1.165) is 26.1 Å². The van der Waals surface area contributed by atoms with E-state index in [1.165, 1.54) is 0 Å². The fourth-order valence-corrected chi connectivity index (χ4v) is 1.70. The molecule has 0 N–H and O–H groups in total. The van der Waals surface area contributed by atoms with Crippen molar-refractivity contribution < 1.29 is 4.74 Å². The highest BCUT2D eigenvalue weighted by Gasteiger charge is 2.49. The fraction of sp³-hybridized carbons (Fsp3) is 0.857. The molecular weight excluding hydrogens is 114 g/mol. The Bertz CT molecular complexity index is 158. The highest BCUT2D eigenvalue weighted by atomic mass is 16.5. The third-order valence-electron chi connectivity index (χ3n) is 2.36. The van der Waals surface area contributed by atoms with E-state index in [1.54, 1.807) is 0 Å². The number of ether oxygens (including phenoxy) is 1. The Kier molecular flexibility index (Phi) is 0.866. The van der Waals surface area contributed by atoms with Gasteiger partial charge in [0.05, 0.1) is 19.3 Å². The summed E-state index contributed by atoms with van der Waals surface area (Å²) >= 11 is 0. The summed E-state index contributed by atoms with van der Waals surface area (Å²) in [6.07, 6.45) is 2.17. The van der Waals surface area contributed by atoms with Crippen molar-refractivity contribution in [2.75, 3.05) is 13.2 Å². The van der Waals surface area contributed by atoms with Crippen molar-refractivity contribution in [2.24, 2.45) is 11.3 Å². The Morgan fingerprint density at radius 3 is 2.44 bits per heavy atom. The first-order valence-electron chi connectivity index (χ1n) is 3.32. The van der Waals surface area contributed by atoms with Crippen LogP contribution in [0.4, 0.5) is 0 Å². The molecule has 1 heterocycles. The van der Waals surface area contributed by atoms with Gasteiger partial charge in [-0.3, -0.25) is 0 Å². The van der Waals surface area contributed by atoms with Crippen molar-refractivity contribution in [1.29, 1.82) is 5.26 Å². The van der Waals surface area contributed by atoms with Gasteiger partial charge in [0.1, 0.15) is 0 Å². The smallest absolute Gasteiger partial charge is 0.0656 e. The first kappa shape index (κ1) is 5.25. The molecule has 0 aromatic carbocycles. The van der Waals surface area contributed by atoms with Gasteiger partial charge in [-0.1, -0.05) is 0 Å². The topological polar surface area (TPSA) is 33.0 Å². The summed E-state index contributed by atoms with van der Waals surface area (Å²) in [7, 11) is 0. The van der Waals surface area contributed by atoms with Gasteiger partial charge in [0, 0.05) is 11.3 Å². The molecule has 1 saturated carbocycles. The number of hydrogen-bond donors (Lipinski definition) is 0. The average molecular weight is 123 g/mol. The fourth-order valence-electron chi connectivity index (χ4n) is 1.70. The monoisotopic (exact) mass is 123 g/mol. The second-order valence-corrected chi connectivity index (χ2v) is 3.23. The molecule has 1 spiro atoms. The van der Waals surface area contributed by atoms with Crippen molar-refractivity contribution in [3.63, 3.8) is 0 Å². The third kappa shape index (κ3) is 0.585. The first-order valence-corrected chi connectivity index (χ1v) is 3.32. The molecule has 2 rings (SSSR count). The van der Waals surface area contributed by atoms with E-state index in [4.69, 9.17) is 10.00 Å². The van der Waals surface area contributed by atoms with Crippen molar-refractivity contribution in [3.8, 4) is 6.07 Å². The van der Waals surface area contributed by atoms with Crippen LogP contribution in [-0.4, -0.2) is 13.2 Å². The van der Waals surface area contributed by atoms with E-state index >= 15 is 0 Å². The molecule has 2 nitrogen and oxygen atoms in total. The number of rotatable bonds is 0. The molecule has 9 heavy (non-hydrogen) atoms. The van der Waals surface area contributed by atoms with Gasteiger partial charge in [-0.15, -0.1) is 0 Å². The van der Waals surface area contributed by atoms with Crippen LogP contribution in [0.2, 0.25) is 0 Å². The molecule has 1 saturated heterocycles. The number of nitrogens with zero attached hydrogens (tertiary/aromatic N) is 1. The van der Waals surface area contributed by atoms with Gasteiger partial charge in [-0.05, 0) is 12.8 Å². The lowest BCUT2D eigenvalue weighted by molar-refractivity contribution is -0.169. The molecule has 1 aliphatic carbocycles. The molecule has 0 unspecified atom stereocenters. The molecular formula is C7H9NO. The van der Waals surface area contributed by atoms with Crippen LogP contribution in [0.15, 0.2) is 0 Å². The lowest BCUT2D eigenvalue weighted by Crippen LogP contribution is -2.51. The van der Waals surface area contributed by atoms with E-state index in [0.29, 0.717) is 11.3 Å². The third-order valence-corrected chi connectivity index (χ3v) is 2.36. The number of nitriles is 1. The Morgan fingerprint density at radius 2 is 2.11 bits per heavy atom. The van der Waals surface area contributed by atoms with Gasteiger partial charge in [0.2, 0.25) is 0 Å². The highest BCUT2D eigenvalue weighted by Crippen LogP contribution is 2.50. The van der Waals surface area contributed by atoms with Crippen molar-refractivity contribution in [2.45, 2.75) is 12.8 Å². The highest BCUT2D eigenvalue weighted by molar-refractivity contribution is 5.05. The molecule has 0 bridgehead atoms. The maximum atomic E-state index is 8.45. The molecule has 0 radical (unpaired) electrons. The summed E-state index contributed by atoms with van der Waals surface area (Å²) in [6, 6.07) is 2.27. The Morgan fingerprint density at radius 1 is 1.44 bits per heavy atom. The van der Waals surface area contributed by atoms with Crippen molar-refractivity contribution >= 4 is 0 Å². The predicted molar refractivity (Wildman–Crippen MR) is 31.6 cm³/mol. The predicted octanol–water partition coefficient (Wildman–Crippen LogP) is 0.937. The van der Waals surface area contributed by atoms with Crippen LogP contribution >= 0.6 is 0 Å². The molecule has 0 aromatic heterocycles. The summed E-state index contributed by atoms with van der Waals surface area (Å²) in [5, 5.41) is 8.45. The maximum Gasteiger partial charge on any atom is 0.0656 e. The molecule has 2 aliphatic rings. The maximum absolute atomic E-state index is 8.45. The van der Waals surface area contributed by atoms with Gasteiger partial charge in [-0.25, -0.2) is 0 Å². The molecule has 0 aromatic rings. The summed E-state index contributed by atoms with van der Waals surface area (Å²) in [6.45, 7) is 1.82. The van der Waals surface area contributed by atoms with Crippen molar-refractivity contribution in [1.82, 2.24) is 0 Å². The normalized spacial score (nSPS) is 30.6. The van der Waals surface area contributed by atoms with Crippen LogP contribution in [0.25, 0.3) is 0 Å². The van der Waals surface area contributed by atoms with Crippen molar-refractivity contribution in [3.05, 3.63) is 0 Å². The lowest BCUT2D eigenvalue weighted by Gasteiger charge is -2.51. The Labute approximate surface area is 54.4 Å². The van der Waals surface area contributed by atoms with Crippen LogP contribution in [0.3, 0.4) is 0 Å². The second kappa shape index (κ2) is 1.48. The van der Waals surface area contributed by atoms with Crippen LogP contribution in [-0.2, 0) is 4.74 Å². The van der Waals surface area contributed by atoms with E-state index < -0.39 is 0 Å². The van der Waals surface area contributed by atoms with Crippen LogP contribution in [0.1, 0.15) is 12.8 Å². The first-order chi connectivity index (χ1) is 4.35. The van der Waals surface area contributed by atoms with Crippen LogP contribution in [0.5, 0.6) is 0 Å². The molecule has 0 amide bonds. The quantitative estimate of drug-likeness (QED) is 0.480. The zero-order valence-corrected chi connectivity index (χ0v) is 5.26. The van der Waals surface area contributed by atoms with E-state index in [-0.39, 0.29) is 0 Å². The van der Waals surface area contributed by atoms with Gasteiger partial charge in [0.15, 0.2) is 0 Å². The minimum atomic E-state index is 0.342. The number of hydrogen-bond acceptors (Lipinski definition) is 2. The minimum Gasteiger partial charge on any atom is -0.380 e. The van der Waals surface area contributed by atoms with E-state index in [9.17, 15) is 0 Å². The standard InChI is InChI=1S/C7H9NO/c8-3-6-1-7(2-6)4-9-5-7/h6H,1-2,4-5H2. The van der Waals surface area contributed by atoms with Gasteiger partial charge in [0.25, 0.3) is 0 Å². The minimum absolute atomic E-state index is 0.342. The van der Waals surface area contributed by atoms with Crippen LogP contribution < -0.4 is 0 Å². The second-order valence-electron chi connectivity index (χ2n) is 3.23. The van der Waals surface area contributed by atoms with Gasteiger partial charge < -0.3 is 4.74 Å². The SMILES string of the molecule is N#CC1CC2(COC2)C1. The molecule has 2 fully saturated rings. The Balaban J connectivity index is 1.91. The zero-order chi connectivity index (χ0) is 6.32. The molecule has 48 valence electrons. The average Bonchev–Trinajstić information content (AvgIpc) is 1.59. The summed E-state index contributed by atoms with van der Waals surface area (Å²) < 4.78 is 5.06. The zero-order valence-electron chi connectivity index (χ0n) is 5.26. The van der Waals surface area contributed by atoms with E-state index in [1.807, 2.05) is 0 Å². The molecule has 2 heteroatoms. The Hall–Kier alpha value is -0.550. The molecule has 0 atom stereocenters. The summed E-state index contributed by atoms with van der Waals surface area (Å²) in [5.41, 5.74) is 0.473. The lowest BCUT2D eigenvalue weighted by atomic mass is 9.61. The summed E-state index contributed by atoms with van der Waals surface area (Å²) in [4.78, 5) is 0. The summed E-state index contributed by atoms with van der Waals surface area (Å²) in [5.74, 6) is 0.342. The largest absolute Gasteiger partial charge is 0.380 e. The van der Waals surface area contributed by atoms with Gasteiger partial charge >= 0.3 is 0 Å².